The predicted octanol–water partition coefficient (Wildman–Crippen LogP) is 0.256. The van der Waals surface area contributed by atoms with Crippen molar-refractivity contribution in [1.29, 1.82) is 0 Å². The van der Waals surface area contributed by atoms with Crippen molar-refractivity contribution in [2.75, 3.05) is 19.6 Å². The smallest absolute Gasteiger partial charge is 0.243 e. The third kappa shape index (κ3) is 3.02. The molecule has 0 saturated carbocycles. The highest BCUT2D eigenvalue weighted by molar-refractivity contribution is 5.88. The van der Waals surface area contributed by atoms with Gasteiger partial charge in [0.15, 0.2) is 0 Å². The third-order valence-electron chi connectivity index (χ3n) is 3.82. The molecule has 0 bridgehead atoms. The van der Waals surface area contributed by atoms with E-state index in [1.807, 2.05) is 6.92 Å². The Labute approximate surface area is 108 Å². The molecule has 2 amide bonds. The summed E-state index contributed by atoms with van der Waals surface area (Å²) in [6.07, 6.45) is 4.30. The lowest BCUT2D eigenvalue weighted by molar-refractivity contribution is -0.138. The first-order valence-electron chi connectivity index (χ1n) is 7.03. The van der Waals surface area contributed by atoms with Crippen LogP contribution in [0.1, 0.15) is 39.0 Å². The minimum atomic E-state index is -0.276. The lowest BCUT2D eigenvalue weighted by atomic mass is 10.1. The molecule has 0 aliphatic carbocycles. The first-order chi connectivity index (χ1) is 8.72. The Morgan fingerprint density at radius 2 is 2.39 bits per heavy atom. The largest absolute Gasteiger partial charge is 0.350 e. The molecule has 0 aromatic heterocycles. The van der Waals surface area contributed by atoms with E-state index in [2.05, 4.69) is 10.6 Å². The van der Waals surface area contributed by atoms with E-state index in [0.29, 0.717) is 12.8 Å². The maximum Gasteiger partial charge on any atom is 0.243 e. The monoisotopic (exact) mass is 253 g/mol. The zero-order valence-electron chi connectivity index (χ0n) is 11.1. The van der Waals surface area contributed by atoms with Crippen molar-refractivity contribution in [3.63, 3.8) is 0 Å². The van der Waals surface area contributed by atoms with Crippen LogP contribution in [0.15, 0.2) is 0 Å². The van der Waals surface area contributed by atoms with Gasteiger partial charge in [-0.3, -0.25) is 9.59 Å². The molecule has 18 heavy (non-hydrogen) atoms. The topological polar surface area (TPSA) is 61.4 Å². The number of amides is 2. The second kappa shape index (κ2) is 6.18. The molecule has 2 fully saturated rings. The number of likely N-dealkylation sites (tertiary alicyclic amines) is 1. The fraction of sp³-hybridized carbons (Fsp3) is 0.846. The highest BCUT2D eigenvalue weighted by atomic mass is 16.2. The molecular weight excluding hydrogens is 230 g/mol. The maximum absolute atomic E-state index is 12.2. The summed E-state index contributed by atoms with van der Waals surface area (Å²) in [5.74, 6) is 0.139. The fourth-order valence-electron chi connectivity index (χ4n) is 2.82. The van der Waals surface area contributed by atoms with E-state index in [1.54, 1.807) is 4.90 Å². The summed E-state index contributed by atoms with van der Waals surface area (Å²) >= 11 is 0. The highest BCUT2D eigenvalue weighted by Crippen LogP contribution is 2.16. The number of piperidine rings is 1. The Hall–Kier alpha value is -1.10. The van der Waals surface area contributed by atoms with E-state index < -0.39 is 0 Å². The quantitative estimate of drug-likeness (QED) is 0.755. The van der Waals surface area contributed by atoms with Gasteiger partial charge in [0.1, 0.15) is 6.04 Å². The predicted molar refractivity (Wildman–Crippen MR) is 69.1 cm³/mol. The zero-order valence-corrected chi connectivity index (χ0v) is 11.1. The van der Waals surface area contributed by atoms with Crippen LogP contribution in [-0.4, -0.2) is 48.4 Å². The van der Waals surface area contributed by atoms with Gasteiger partial charge in [0, 0.05) is 25.6 Å². The first-order valence-corrected chi connectivity index (χ1v) is 7.03. The maximum atomic E-state index is 12.2. The normalized spacial score (nSPS) is 26.2. The van der Waals surface area contributed by atoms with E-state index in [1.165, 1.54) is 0 Å². The van der Waals surface area contributed by atoms with E-state index in [4.69, 9.17) is 0 Å². The number of carbonyl (C=O) groups is 2. The van der Waals surface area contributed by atoms with Gasteiger partial charge < -0.3 is 15.5 Å². The van der Waals surface area contributed by atoms with Crippen LogP contribution < -0.4 is 10.6 Å². The van der Waals surface area contributed by atoms with Crippen molar-refractivity contribution in [3.05, 3.63) is 0 Å². The van der Waals surface area contributed by atoms with Crippen molar-refractivity contribution >= 4 is 11.8 Å². The summed E-state index contributed by atoms with van der Waals surface area (Å²) in [6, 6.07) is -0.0556. The molecule has 2 rings (SSSR count). The number of carbonyl (C=O) groups excluding carboxylic acids is 2. The molecule has 0 spiro atoms. The van der Waals surface area contributed by atoms with Crippen LogP contribution >= 0.6 is 0 Å². The van der Waals surface area contributed by atoms with Gasteiger partial charge >= 0.3 is 0 Å². The summed E-state index contributed by atoms with van der Waals surface area (Å²) < 4.78 is 0. The molecule has 0 aromatic carbocycles. The Balaban J connectivity index is 1.90. The van der Waals surface area contributed by atoms with Gasteiger partial charge in [0.05, 0.1) is 0 Å². The van der Waals surface area contributed by atoms with Crippen LogP contribution in [0.5, 0.6) is 0 Å². The van der Waals surface area contributed by atoms with Crippen LogP contribution in [0.4, 0.5) is 0 Å². The molecule has 5 nitrogen and oxygen atoms in total. The molecule has 2 atom stereocenters. The summed E-state index contributed by atoms with van der Waals surface area (Å²) in [4.78, 5) is 25.7. The van der Waals surface area contributed by atoms with Gasteiger partial charge in [-0.05, 0) is 32.2 Å². The third-order valence-corrected chi connectivity index (χ3v) is 3.82. The summed E-state index contributed by atoms with van der Waals surface area (Å²) in [7, 11) is 0. The van der Waals surface area contributed by atoms with Crippen LogP contribution in [0.3, 0.4) is 0 Å². The van der Waals surface area contributed by atoms with Crippen LogP contribution in [0, 0.1) is 0 Å². The highest BCUT2D eigenvalue weighted by Gasteiger charge is 2.32. The second-order valence-corrected chi connectivity index (χ2v) is 5.17. The van der Waals surface area contributed by atoms with Crippen LogP contribution in [0.25, 0.3) is 0 Å². The molecular formula is C13H23N3O2. The molecule has 102 valence electrons. The fourth-order valence-corrected chi connectivity index (χ4v) is 2.82. The standard InChI is InChI=1S/C13H23N3O2/c1-2-11(16-8-4-6-12(16)17)13(18)15-10-5-3-7-14-9-10/h10-11,14H,2-9H2,1H3,(H,15,18)/t10-,11?/m0/s1. The van der Waals surface area contributed by atoms with Gasteiger partial charge in [0.25, 0.3) is 0 Å². The Morgan fingerprint density at radius 3 is 2.94 bits per heavy atom. The SMILES string of the molecule is CCC(C(=O)N[C@H]1CCCNC1)N1CCCC1=O. The number of rotatable bonds is 4. The molecule has 1 unspecified atom stereocenters. The average molecular weight is 253 g/mol. The minimum Gasteiger partial charge on any atom is -0.350 e. The van der Waals surface area contributed by atoms with E-state index >= 15 is 0 Å². The van der Waals surface area contributed by atoms with Gasteiger partial charge in [-0.15, -0.1) is 0 Å². The molecule has 2 aliphatic rings. The van der Waals surface area contributed by atoms with E-state index in [0.717, 1.165) is 38.9 Å². The molecule has 5 heteroatoms. The van der Waals surface area contributed by atoms with Crippen molar-refractivity contribution in [2.45, 2.75) is 51.1 Å². The molecule has 0 radical (unpaired) electrons. The average Bonchev–Trinajstić information content (AvgIpc) is 2.78. The molecule has 2 N–H and O–H groups in total. The van der Waals surface area contributed by atoms with Gasteiger partial charge in [0.2, 0.25) is 11.8 Å². The zero-order chi connectivity index (χ0) is 13.0. The lowest BCUT2D eigenvalue weighted by Gasteiger charge is -2.30. The van der Waals surface area contributed by atoms with Crippen LogP contribution in [0.2, 0.25) is 0 Å². The minimum absolute atomic E-state index is 0.0152. The Kier molecular flexibility index (Phi) is 4.58. The number of nitrogens with zero attached hydrogens (tertiary/aromatic N) is 1. The van der Waals surface area contributed by atoms with Crippen molar-refractivity contribution < 1.29 is 9.59 Å². The molecule has 2 heterocycles. The second-order valence-electron chi connectivity index (χ2n) is 5.17. The van der Waals surface area contributed by atoms with E-state index in [-0.39, 0.29) is 23.9 Å². The van der Waals surface area contributed by atoms with E-state index in [9.17, 15) is 9.59 Å². The van der Waals surface area contributed by atoms with Gasteiger partial charge in [-0.25, -0.2) is 0 Å². The lowest BCUT2D eigenvalue weighted by Crippen LogP contribution is -2.53. The molecule has 2 saturated heterocycles. The Bertz CT molecular complexity index is 313. The molecule has 0 aromatic rings. The summed E-state index contributed by atoms with van der Waals surface area (Å²) in [6.45, 7) is 4.58. The first kappa shape index (κ1) is 13.3. The van der Waals surface area contributed by atoms with Crippen molar-refractivity contribution in [2.24, 2.45) is 0 Å². The van der Waals surface area contributed by atoms with Gasteiger partial charge in [-0.1, -0.05) is 6.92 Å². The molecule has 2 aliphatic heterocycles. The van der Waals surface area contributed by atoms with Crippen molar-refractivity contribution in [1.82, 2.24) is 15.5 Å². The summed E-state index contributed by atoms with van der Waals surface area (Å²) in [5.41, 5.74) is 0. The van der Waals surface area contributed by atoms with Crippen LogP contribution in [-0.2, 0) is 9.59 Å². The van der Waals surface area contributed by atoms with Crippen molar-refractivity contribution in [3.8, 4) is 0 Å². The number of hydrogen-bond donors (Lipinski definition) is 2. The Morgan fingerprint density at radius 1 is 1.56 bits per heavy atom. The summed E-state index contributed by atoms with van der Waals surface area (Å²) in [5, 5.41) is 6.35. The number of nitrogens with one attached hydrogen (secondary N) is 2. The van der Waals surface area contributed by atoms with Gasteiger partial charge in [-0.2, -0.15) is 0 Å². The number of hydrogen-bond acceptors (Lipinski definition) is 3.